The largest absolute Gasteiger partial charge is 0.494 e. The quantitative estimate of drug-likeness (QED) is 0.302. The third kappa shape index (κ3) is 5.57. The highest BCUT2D eigenvalue weighted by atomic mass is 79.9. The number of ether oxygens (including phenoxy) is 3. The van der Waals surface area contributed by atoms with Crippen LogP contribution in [0.15, 0.2) is 59.2 Å². The van der Waals surface area contributed by atoms with Crippen LogP contribution in [0.25, 0.3) is 17.2 Å². The summed E-state index contributed by atoms with van der Waals surface area (Å²) in [5.41, 5.74) is 1.44. The molecule has 0 saturated carbocycles. The van der Waals surface area contributed by atoms with E-state index in [1.165, 1.54) is 25.9 Å². The summed E-state index contributed by atoms with van der Waals surface area (Å²) in [6.45, 7) is 0. The van der Waals surface area contributed by atoms with E-state index in [4.69, 9.17) is 14.2 Å². The van der Waals surface area contributed by atoms with Crippen LogP contribution in [0, 0.1) is 0 Å². The molecule has 1 N–H and O–H groups in total. The Labute approximate surface area is 216 Å². The van der Waals surface area contributed by atoms with E-state index in [1.54, 1.807) is 54.7 Å². The SMILES string of the molecule is COc1cccc(-c2nnc(NS(=O)(=O)CCc3ccc(Br)cn3)n2-c2c(OC)cccc2OC)n1. The van der Waals surface area contributed by atoms with E-state index < -0.39 is 10.0 Å². The first-order chi connectivity index (χ1) is 17.3. The van der Waals surface area contributed by atoms with Gasteiger partial charge in [0.05, 0.1) is 27.1 Å². The van der Waals surface area contributed by atoms with Crippen LogP contribution in [0.2, 0.25) is 0 Å². The Morgan fingerprint density at radius 3 is 2.31 bits per heavy atom. The molecule has 0 amide bonds. The van der Waals surface area contributed by atoms with Gasteiger partial charge in [0.25, 0.3) is 0 Å². The third-order valence-electron chi connectivity index (χ3n) is 5.11. The molecule has 13 heteroatoms. The summed E-state index contributed by atoms with van der Waals surface area (Å²) < 4.78 is 47.3. The van der Waals surface area contributed by atoms with Crippen molar-refractivity contribution in [2.75, 3.05) is 31.8 Å². The van der Waals surface area contributed by atoms with E-state index in [2.05, 4.69) is 40.8 Å². The third-order valence-corrected chi connectivity index (χ3v) is 6.82. The molecule has 0 bridgehead atoms. The van der Waals surface area contributed by atoms with Gasteiger partial charge in [-0.05, 0) is 46.3 Å². The molecule has 0 spiro atoms. The first-order valence-corrected chi connectivity index (χ1v) is 13.1. The number of anilines is 1. The van der Waals surface area contributed by atoms with Gasteiger partial charge < -0.3 is 14.2 Å². The molecule has 0 aliphatic carbocycles. The number of rotatable bonds is 10. The van der Waals surface area contributed by atoms with Crippen LogP contribution in [0.1, 0.15) is 5.69 Å². The number of aromatic nitrogens is 5. The minimum atomic E-state index is -3.85. The van der Waals surface area contributed by atoms with Crippen molar-refractivity contribution in [2.45, 2.75) is 6.42 Å². The van der Waals surface area contributed by atoms with E-state index in [0.29, 0.717) is 34.5 Å². The van der Waals surface area contributed by atoms with Crippen molar-refractivity contribution >= 4 is 31.9 Å². The molecule has 0 aliphatic rings. The zero-order valence-corrected chi connectivity index (χ0v) is 22.1. The summed E-state index contributed by atoms with van der Waals surface area (Å²) in [6.07, 6.45) is 1.83. The van der Waals surface area contributed by atoms with Crippen molar-refractivity contribution in [3.8, 4) is 34.6 Å². The fraction of sp³-hybridized carbons (Fsp3) is 0.217. The van der Waals surface area contributed by atoms with Gasteiger partial charge >= 0.3 is 0 Å². The minimum absolute atomic E-state index is 0.0545. The molecule has 3 heterocycles. The van der Waals surface area contributed by atoms with Gasteiger partial charge in [0.2, 0.25) is 21.9 Å². The summed E-state index contributed by atoms with van der Waals surface area (Å²) in [5.74, 6) is 1.17. The predicted molar refractivity (Wildman–Crippen MR) is 137 cm³/mol. The Morgan fingerprint density at radius 1 is 0.944 bits per heavy atom. The lowest BCUT2D eigenvalue weighted by molar-refractivity contribution is 0.391. The van der Waals surface area contributed by atoms with Crippen LogP contribution in [-0.4, -0.2) is 60.2 Å². The number of benzene rings is 1. The molecule has 0 radical (unpaired) electrons. The predicted octanol–water partition coefficient (Wildman–Crippen LogP) is 3.50. The second-order valence-electron chi connectivity index (χ2n) is 7.40. The number of nitrogens with zero attached hydrogens (tertiary/aromatic N) is 5. The van der Waals surface area contributed by atoms with Crippen LogP contribution in [0.4, 0.5) is 5.95 Å². The number of sulfonamides is 1. The van der Waals surface area contributed by atoms with Crippen molar-refractivity contribution in [2.24, 2.45) is 0 Å². The smallest absolute Gasteiger partial charge is 0.243 e. The van der Waals surface area contributed by atoms with Gasteiger partial charge in [0.15, 0.2) is 5.82 Å². The minimum Gasteiger partial charge on any atom is -0.494 e. The van der Waals surface area contributed by atoms with Gasteiger partial charge in [-0.2, -0.15) is 0 Å². The monoisotopic (exact) mass is 574 g/mol. The van der Waals surface area contributed by atoms with Crippen molar-refractivity contribution < 1.29 is 22.6 Å². The Hall–Kier alpha value is -3.71. The maximum absolute atomic E-state index is 13.1. The Morgan fingerprint density at radius 2 is 1.67 bits per heavy atom. The molecule has 0 atom stereocenters. The Balaban J connectivity index is 1.78. The van der Waals surface area contributed by atoms with Crippen LogP contribution in [-0.2, 0) is 16.4 Å². The zero-order valence-electron chi connectivity index (χ0n) is 19.7. The summed E-state index contributed by atoms with van der Waals surface area (Å²) in [6, 6.07) is 13.9. The second-order valence-corrected chi connectivity index (χ2v) is 10.2. The molecule has 0 aliphatic heterocycles. The molecule has 0 fully saturated rings. The lowest BCUT2D eigenvalue weighted by Gasteiger charge is -2.17. The fourth-order valence-corrected chi connectivity index (χ4v) is 4.64. The number of para-hydroxylation sites is 1. The molecule has 1 aromatic carbocycles. The summed E-state index contributed by atoms with van der Waals surface area (Å²) >= 11 is 3.32. The molecular formula is C23H23BrN6O5S. The summed E-state index contributed by atoms with van der Waals surface area (Å²) in [5, 5.41) is 8.38. The molecule has 0 saturated heterocycles. The highest BCUT2D eigenvalue weighted by Crippen LogP contribution is 2.37. The average Bonchev–Trinajstić information content (AvgIpc) is 3.30. The maximum atomic E-state index is 13.1. The number of hydrogen-bond acceptors (Lipinski definition) is 9. The molecular weight excluding hydrogens is 552 g/mol. The molecule has 4 aromatic rings. The van der Waals surface area contributed by atoms with Gasteiger partial charge in [0.1, 0.15) is 22.9 Å². The van der Waals surface area contributed by atoms with Crippen LogP contribution < -0.4 is 18.9 Å². The van der Waals surface area contributed by atoms with E-state index in [9.17, 15) is 8.42 Å². The van der Waals surface area contributed by atoms with E-state index >= 15 is 0 Å². The van der Waals surface area contributed by atoms with E-state index in [0.717, 1.165) is 4.47 Å². The van der Waals surface area contributed by atoms with Gasteiger partial charge in [0, 0.05) is 28.9 Å². The van der Waals surface area contributed by atoms with Crippen LogP contribution in [0.5, 0.6) is 17.4 Å². The maximum Gasteiger partial charge on any atom is 0.243 e. The summed E-state index contributed by atoms with van der Waals surface area (Å²) in [7, 11) is 0.656. The zero-order chi connectivity index (χ0) is 25.7. The fourth-order valence-electron chi connectivity index (χ4n) is 3.42. The van der Waals surface area contributed by atoms with Gasteiger partial charge in [-0.1, -0.05) is 12.1 Å². The van der Waals surface area contributed by atoms with Crippen LogP contribution >= 0.6 is 15.9 Å². The number of halogens is 1. The molecule has 4 rings (SSSR count). The highest BCUT2D eigenvalue weighted by molar-refractivity contribution is 9.10. The van der Waals surface area contributed by atoms with Gasteiger partial charge in [-0.25, -0.2) is 13.4 Å². The Kier molecular flexibility index (Phi) is 7.70. The lowest BCUT2D eigenvalue weighted by atomic mass is 10.2. The first kappa shape index (κ1) is 25.4. The first-order valence-electron chi connectivity index (χ1n) is 10.6. The van der Waals surface area contributed by atoms with Gasteiger partial charge in [-0.3, -0.25) is 14.3 Å². The second kappa shape index (κ2) is 10.9. The van der Waals surface area contributed by atoms with E-state index in [1.807, 2.05) is 0 Å². The molecule has 188 valence electrons. The van der Waals surface area contributed by atoms with Crippen molar-refractivity contribution in [3.05, 3.63) is 64.9 Å². The molecule has 36 heavy (non-hydrogen) atoms. The van der Waals surface area contributed by atoms with Crippen molar-refractivity contribution in [3.63, 3.8) is 0 Å². The standard InChI is InChI=1S/C23H23BrN6O5S/c1-33-18-7-5-8-19(34-2)21(18)30-22(17-6-4-9-20(26-17)35-3)27-28-23(30)29-36(31,32)13-12-16-11-10-15(24)14-25-16/h4-11,14H,12-13H2,1-3H3,(H,28,29). The van der Waals surface area contributed by atoms with E-state index in [-0.39, 0.29) is 23.9 Å². The van der Waals surface area contributed by atoms with Crippen molar-refractivity contribution in [1.29, 1.82) is 0 Å². The van der Waals surface area contributed by atoms with Gasteiger partial charge in [-0.15, -0.1) is 10.2 Å². The lowest BCUT2D eigenvalue weighted by Crippen LogP contribution is -2.21. The molecule has 11 nitrogen and oxygen atoms in total. The number of nitrogens with one attached hydrogen (secondary N) is 1. The Bertz CT molecular complexity index is 1440. The number of aryl methyl sites for hydroxylation is 1. The summed E-state index contributed by atoms with van der Waals surface area (Å²) in [4.78, 5) is 8.67. The molecule has 0 unspecified atom stereocenters. The molecule has 3 aromatic heterocycles. The van der Waals surface area contributed by atoms with Crippen molar-refractivity contribution in [1.82, 2.24) is 24.7 Å². The van der Waals surface area contributed by atoms with Crippen LogP contribution in [0.3, 0.4) is 0 Å². The topological polar surface area (TPSA) is 130 Å². The number of methoxy groups -OCH3 is 3. The normalized spacial score (nSPS) is 11.2. The number of hydrogen-bond donors (Lipinski definition) is 1. The number of pyridine rings is 2. The highest BCUT2D eigenvalue weighted by Gasteiger charge is 2.25. The average molecular weight is 575 g/mol.